The number of benzene rings is 2. The van der Waals surface area contributed by atoms with Crippen LogP contribution in [0.4, 0.5) is 11.4 Å². The maximum atomic E-state index is 13.2. The van der Waals surface area contributed by atoms with Crippen molar-refractivity contribution in [2.75, 3.05) is 18.0 Å². The van der Waals surface area contributed by atoms with E-state index in [9.17, 15) is 20.2 Å². The standard InChI is InChI=1S/C23H22N4O3/c1-15-9-16(2)13-25(12-15)21-8-7-17(10-22(21)27(29)30)23(28)26-14-18(11-24)19-5-3-4-6-20(19)26/h3-8,10,14-16H,9,12-13H2,1-2H3/t15-,16+. The van der Waals surface area contributed by atoms with Gasteiger partial charge < -0.3 is 4.90 Å². The van der Waals surface area contributed by atoms with E-state index in [1.807, 2.05) is 4.90 Å². The summed E-state index contributed by atoms with van der Waals surface area (Å²) in [5, 5.41) is 21.9. The van der Waals surface area contributed by atoms with Crippen molar-refractivity contribution in [1.29, 1.82) is 5.26 Å². The van der Waals surface area contributed by atoms with Crippen LogP contribution in [0.15, 0.2) is 48.7 Å². The summed E-state index contributed by atoms with van der Waals surface area (Å²) in [6.07, 6.45) is 2.59. The number of fused-ring (bicyclic) bond motifs is 1. The lowest BCUT2D eigenvalue weighted by Crippen LogP contribution is -2.39. The Morgan fingerprint density at radius 1 is 1.17 bits per heavy atom. The van der Waals surface area contributed by atoms with E-state index < -0.39 is 10.8 Å². The molecular formula is C23H22N4O3. The molecule has 0 bridgehead atoms. The maximum Gasteiger partial charge on any atom is 0.293 e. The van der Waals surface area contributed by atoms with Gasteiger partial charge in [0.15, 0.2) is 0 Å². The van der Waals surface area contributed by atoms with Crippen molar-refractivity contribution < 1.29 is 9.72 Å². The van der Waals surface area contributed by atoms with Gasteiger partial charge in [-0.15, -0.1) is 0 Å². The van der Waals surface area contributed by atoms with Crippen LogP contribution in [0.25, 0.3) is 10.9 Å². The van der Waals surface area contributed by atoms with E-state index in [4.69, 9.17) is 0 Å². The highest BCUT2D eigenvalue weighted by Crippen LogP contribution is 2.34. The summed E-state index contributed by atoms with van der Waals surface area (Å²) in [6.45, 7) is 5.81. The minimum Gasteiger partial charge on any atom is -0.365 e. The number of aromatic nitrogens is 1. The molecule has 2 atom stereocenters. The van der Waals surface area contributed by atoms with E-state index in [1.165, 1.54) is 16.8 Å². The van der Waals surface area contributed by atoms with Gasteiger partial charge in [-0.3, -0.25) is 19.5 Å². The fourth-order valence-electron chi connectivity index (χ4n) is 4.51. The van der Waals surface area contributed by atoms with Gasteiger partial charge in [-0.2, -0.15) is 5.26 Å². The number of nitrogens with zero attached hydrogens (tertiary/aromatic N) is 4. The molecule has 152 valence electrons. The summed E-state index contributed by atoms with van der Waals surface area (Å²) in [7, 11) is 0. The number of para-hydroxylation sites is 1. The van der Waals surface area contributed by atoms with Gasteiger partial charge in [0.05, 0.1) is 16.0 Å². The highest BCUT2D eigenvalue weighted by atomic mass is 16.6. The first-order valence-electron chi connectivity index (χ1n) is 9.97. The van der Waals surface area contributed by atoms with Crippen LogP contribution in [0.2, 0.25) is 0 Å². The van der Waals surface area contributed by atoms with Crippen LogP contribution in [0.1, 0.15) is 36.2 Å². The molecule has 0 aliphatic carbocycles. The molecule has 1 aromatic heterocycles. The predicted octanol–water partition coefficient (Wildman–Crippen LogP) is 4.59. The van der Waals surface area contributed by atoms with Gasteiger partial charge in [-0.25, -0.2) is 0 Å². The van der Waals surface area contributed by atoms with Gasteiger partial charge >= 0.3 is 0 Å². The lowest BCUT2D eigenvalue weighted by atomic mass is 9.91. The summed E-state index contributed by atoms with van der Waals surface area (Å²) in [4.78, 5) is 26.6. The van der Waals surface area contributed by atoms with E-state index in [0.29, 0.717) is 34.0 Å². The molecule has 0 N–H and O–H groups in total. The first-order valence-corrected chi connectivity index (χ1v) is 9.97. The minimum atomic E-state index is -0.426. The maximum absolute atomic E-state index is 13.2. The van der Waals surface area contributed by atoms with Crippen LogP contribution in [0.3, 0.4) is 0 Å². The molecule has 0 radical (unpaired) electrons. The van der Waals surface area contributed by atoms with Crippen LogP contribution < -0.4 is 4.90 Å². The van der Waals surface area contributed by atoms with E-state index in [-0.39, 0.29) is 11.3 Å². The molecule has 1 fully saturated rings. The molecule has 2 aromatic carbocycles. The second-order valence-electron chi connectivity index (χ2n) is 8.16. The number of carbonyl (C=O) groups excluding carboxylic acids is 1. The second kappa shape index (κ2) is 7.64. The van der Waals surface area contributed by atoms with Gasteiger partial charge in [0.25, 0.3) is 11.6 Å². The van der Waals surface area contributed by atoms with Crippen LogP contribution in [0, 0.1) is 33.3 Å². The topological polar surface area (TPSA) is 92.2 Å². The summed E-state index contributed by atoms with van der Waals surface area (Å²) in [6, 6.07) is 13.9. The number of nitro benzene ring substituents is 1. The number of nitro groups is 1. The van der Waals surface area contributed by atoms with Crippen molar-refractivity contribution in [3.05, 3.63) is 69.9 Å². The first-order chi connectivity index (χ1) is 14.4. The van der Waals surface area contributed by atoms with Gasteiger partial charge in [0.1, 0.15) is 11.8 Å². The van der Waals surface area contributed by atoms with Crippen LogP contribution in [0.5, 0.6) is 0 Å². The number of hydrogen-bond acceptors (Lipinski definition) is 5. The molecule has 1 saturated heterocycles. The molecular weight excluding hydrogens is 380 g/mol. The molecule has 0 amide bonds. The fourth-order valence-corrected chi connectivity index (χ4v) is 4.51. The number of piperidine rings is 1. The first kappa shape index (κ1) is 19.6. The third-order valence-corrected chi connectivity index (χ3v) is 5.68. The molecule has 0 saturated carbocycles. The third-order valence-electron chi connectivity index (χ3n) is 5.68. The fraction of sp³-hybridized carbons (Fsp3) is 0.304. The van der Waals surface area contributed by atoms with E-state index >= 15 is 0 Å². The third kappa shape index (κ3) is 3.41. The molecule has 30 heavy (non-hydrogen) atoms. The smallest absolute Gasteiger partial charge is 0.293 e. The average Bonchev–Trinajstić information content (AvgIpc) is 3.11. The second-order valence-corrected chi connectivity index (χ2v) is 8.16. The zero-order valence-corrected chi connectivity index (χ0v) is 16.9. The Labute approximate surface area is 174 Å². The summed E-state index contributed by atoms with van der Waals surface area (Å²) in [5.74, 6) is 0.498. The molecule has 7 nitrogen and oxygen atoms in total. The monoisotopic (exact) mass is 402 g/mol. The molecule has 0 spiro atoms. The van der Waals surface area contributed by atoms with Crippen molar-refractivity contribution in [2.24, 2.45) is 11.8 Å². The van der Waals surface area contributed by atoms with Crippen LogP contribution in [-0.4, -0.2) is 28.5 Å². The molecule has 3 aromatic rings. The normalized spacial score (nSPS) is 18.9. The SMILES string of the molecule is C[C@@H]1C[C@H](C)CN(c2ccc(C(=O)n3cc(C#N)c4ccccc43)cc2[N+](=O)[O-])C1. The highest BCUT2D eigenvalue weighted by molar-refractivity contribution is 6.04. The van der Waals surface area contributed by atoms with Crippen molar-refractivity contribution in [3.8, 4) is 6.07 Å². The lowest BCUT2D eigenvalue weighted by Gasteiger charge is -2.36. The summed E-state index contributed by atoms with van der Waals surface area (Å²) < 4.78 is 1.39. The number of rotatable bonds is 3. The molecule has 4 rings (SSSR count). The zero-order chi connectivity index (χ0) is 21.4. The van der Waals surface area contributed by atoms with Gasteiger partial charge in [-0.1, -0.05) is 32.0 Å². The largest absolute Gasteiger partial charge is 0.365 e. The Hall–Kier alpha value is -3.66. The summed E-state index contributed by atoms with van der Waals surface area (Å²) >= 11 is 0. The van der Waals surface area contributed by atoms with Gasteiger partial charge in [0, 0.05) is 36.3 Å². The number of carbonyl (C=O) groups is 1. The van der Waals surface area contributed by atoms with Crippen LogP contribution >= 0.6 is 0 Å². The number of anilines is 1. The van der Waals surface area contributed by atoms with Crippen molar-refractivity contribution in [1.82, 2.24) is 4.57 Å². The van der Waals surface area contributed by atoms with Gasteiger partial charge in [0.2, 0.25) is 0 Å². The average molecular weight is 402 g/mol. The van der Waals surface area contributed by atoms with Crippen LogP contribution in [-0.2, 0) is 0 Å². The van der Waals surface area contributed by atoms with E-state index in [1.54, 1.807) is 36.4 Å². The highest BCUT2D eigenvalue weighted by Gasteiger charge is 2.28. The number of hydrogen-bond donors (Lipinski definition) is 0. The number of nitriles is 1. The van der Waals surface area contributed by atoms with Gasteiger partial charge in [-0.05, 0) is 36.5 Å². The molecule has 2 heterocycles. The molecule has 1 aliphatic rings. The predicted molar refractivity (Wildman–Crippen MR) is 115 cm³/mol. The quantitative estimate of drug-likeness (QED) is 0.472. The molecule has 1 aliphatic heterocycles. The summed E-state index contributed by atoms with van der Waals surface area (Å²) in [5.41, 5.74) is 1.68. The van der Waals surface area contributed by atoms with E-state index in [2.05, 4.69) is 19.9 Å². The minimum absolute atomic E-state index is 0.0703. The Morgan fingerprint density at radius 3 is 2.53 bits per heavy atom. The molecule has 7 heteroatoms. The van der Waals surface area contributed by atoms with Crippen molar-refractivity contribution in [2.45, 2.75) is 20.3 Å². The Kier molecular flexibility index (Phi) is 5.00. The van der Waals surface area contributed by atoms with Crippen molar-refractivity contribution >= 4 is 28.2 Å². The lowest BCUT2D eigenvalue weighted by molar-refractivity contribution is -0.384. The molecule has 0 unspecified atom stereocenters. The van der Waals surface area contributed by atoms with E-state index in [0.717, 1.165) is 19.5 Å². The zero-order valence-electron chi connectivity index (χ0n) is 16.9. The Morgan fingerprint density at radius 2 is 1.87 bits per heavy atom. The Balaban J connectivity index is 1.76. The van der Waals surface area contributed by atoms with Crippen molar-refractivity contribution in [3.63, 3.8) is 0 Å². The Bertz CT molecular complexity index is 1180.